The summed E-state index contributed by atoms with van der Waals surface area (Å²) in [6.07, 6.45) is 1.25. The van der Waals surface area contributed by atoms with Gasteiger partial charge >= 0.3 is 0 Å². The lowest BCUT2D eigenvalue weighted by molar-refractivity contribution is 0.102. The molecule has 0 saturated carbocycles. The van der Waals surface area contributed by atoms with Crippen molar-refractivity contribution >= 4 is 21.6 Å². The van der Waals surface area contributed by atoms with Crippen LogP contribution in [0, 0.1) is 6.92 Å². The summed E-state index contributed by atoms with van der Waals surface area (Å²) >= 11 is 0. The molecule has 0 aromatic heterocycles. The summed E-state index contributed by atoms with van der Waals surface area (Å²) in [5.41, 5.74) is 3.64. The summed E-state index contributed by atoms with van der Waals surface area (Å²) in [4.78, 5) is 14.6. The smallest absolute Gasteiger partial charge is 0.255 e. The van der Waals surface area contributed by atoms with Gasteiger partial charge < -0.3 is 5.32 Å². The lowest BCUT2D eigenvalue weighted by Gasteiger charge is -2.33. The van der Waals surface area contributed by atoms with E-state index in [2.05, 4.69) is 10.2 Å². The van der Waals surface area contributed by atoms with Crippen molar-refractivity contribution in [2.75, 3.05) is 37.8 Å². The highest BCUT2D eigenvalue weighted by Gasteiger charge is 2.23. The highest BCUT2D eigenvalue weighted by atomic mass is 32.2. The molecule has 144 valence electrons. The Morgan fingerprint density at radius 2 is 1.56 bits per heavy atom. The van der Waals surface area contributed by atoms with Crippen molar-refractivity contribution in [3.05, 3.63) is 65.2 Å². The van der Waals surface area contributed by atoms with Gasteiger partial charge in [-0.1, -0.05) is 29.8 Å². The Kier molecular flexibility index (Phi) is 5.94. The van der Waals surface area contributed by atoms with Gasteiger partial charge in [0.2, 0.25) is 10.0 Å². The third-order valence-electron chi connectivity index (χ3n) is 4.73. The van der Waals surface area contributed by atoms with E-state index in [1.54, 1.807) is 0 Å². The molecule has 0 bridgehead atoms. The maximum absolute atomic E-state index is 12.3. The van der Waals surface area contributed by atoms with Crippen LogP contribution in [0.1, 0.15) is 21.5 Å². The Morgan fingerprint density at radius 1 is 0.963 bits per heavy atom. The van der Waals surface area contributed by atoms with Crippen LogP contribution in [-0.2, 0) is 16.6 Å². The number of hydrogen-bond donors (Lipinski definition) is 1. The van der Waals surface area contributed by atoms with Gasteiger partial charge in [0, 0.05) is 44.0 Å². The lowest BCUT2D eigenvalue weighted by atomic mass is 10.1. The molecule has 0 unspecified atom stereocenters. The minimum atomic E-state index is -3.10. The zero-order valence-corrected chi connectivity index (χ0v) is 16.5. The second-order valence-corrected chi connectivity index (χ2v) is 8.94. The quantitative estimate of drug-likeness (QED) is 0.855. The van der Waals surface area contributed by atoms with Gasteiger partial charge in [-0.25, -0.2) is 8.42 Å². The molecule has 3 rings (SSSR count). The third kappa shape index (κ3) is 5.38. The molecule has 0 atom stereocenters. The Balaban J connectivity index is 1.54. The van der Waals surface area contributed by atoms with Crippen molar-refractivity contribution < 1.29 is 13.2 Å². The molecule has 1 aliphatic heterocycles. The van der Waals surface area contributed by atoms with E-state index >= 15 is 0 Å². The Bertz CT molecular complexity index is 885. The molecule has 0 radical (unpaired) electrons. The van der Waals surface area contributed by atoms with Crippen LogP contribution in [0.25, 0.3) is 0 Å². The standard InChI is InChI=1S/C20H25N3O3S/c1-16-3-9-19(10-4-16)21-20(24)18-7-5-17(6-8-18)15-22-11-13-23(14-12-22)27(2,25)26/h3-10H,11-15H2,1-2H3,(H,21,24). The largest absolute Gasteiger partial charge is 0.322 e. The van der Waals surface area contributed by atoms with Crippen LogP contribution in [0.15, 0.2) is 48.5 Å². The van der Waals surface area contributed by atoms with Crippen molar-refractivity contribution in [1.82, 2.24) is 9.21 Å². The first kappa shape index (κ1) is 19.5. The van der Waals surface area contributed by atoms with Gasteiger partial charge in [0.1, 0.15) is 0 Å². The zero-order valence-electron chi connectivity index (χ0n) is 15.7. The second-order valence-electron chi connectivity index (χ2n) is 6.96. The maximum atomic E-state index is 12.3. The minimum absolute atomic E-state index is 0.132. The highest BCUT2D eigenvalue weighted by Crippen LogP contribution is 2.14. The number of benzene rings is 2. The zero-order chi connectivity index (χ0) is 19.4. The number of piperazine rings is 1. The van der Waals surface area contributed by atoms with E-state index in [0.717, 1.165) is 23.4 Å². The number of sulfonamides is 1. The summed E-state index contributed by atoms with van der Waals surface area (Å²) in [6.45, 7) is 5.22. The normalized spacial score (nSPS) is 16.2. The molecule has 1 aliphatic rings. The van der Waals surface area contributed by atoms with E-state index in [-0.39, 0.29) is 5.91 Å². The van der Waals surface area contributed by atoms with E-state index in [1.807, 2.05) is 55.5 Å². The fraction of sp³-hybridized carbons (Fsp3) is 0.350. The van der Waals surface area contributed by atoms with Crippen LogP contribution in [0.3, 0.4) is 0 Å². The molecular weight excluding hydrogens is 362 g/mol. The summed E-state index contributed by atoms with van der Waals surface area (Å²) in [5.74, 6) is -0.132. The van der Waals surface area contributed by atoms with Crippen molar-refractivity contribution in [3.63, 3.8) is 0 Å². The Morgan fingerprint density at radius 3 is 2.11 bits per heavy atom. The van der Waals surface area contributed by atoms with Gasteiger partial charge in [-0.05, 0) is 36.8 Å². The van der Waals surface area contributed by atoms with E-state index in [4.69, 9.17) is 0 Å². The topological polar surface area (TPSA) is 69.7 Å². The molecule has 0 spiro atoms. The average molecular weight is 388 g/mol. The summed E-state index contributed by atoms with van der Waals surface area (Å²) in [5, 5.41) is 2.89. The van der Waals surface area contributed by atoms with Gasteiger partial charge in [-0.3, -0.25) is 9.69 Å². The first-order valence-electron chi connectivity index (χ1n) is 8.96. The molecule has 27 heavy (non-hydrogen) atoms. The number of hydrogen-bond acceptors (Lipinski definition) is 4. The second kappa shape index (κ2) is 8.21. The number of anilines is 1. The SMILES string of the molecule is Cc1ccc(NC(=O)c2ccc(CN3CCN(S(C)(=O)=O)CC3)cc2)cc1. The number of carbonyl (C=O) groups excluding carboxylic acids is 1. The predicted molar refractivity (Wildman–Crippen MR) is 107 cm³/mol. The first-order valence-corrected chi connectivity index (χ1v) is 10.8. The predicted octanol–water partition coefficient (Wildman–Crippen LogP) is 2.32. The molecule has 7 heteroatoms. The number of nitrogens with zero attached hydrogens (tertiary/aromatic N) is 2. The molecule has 1 fully saturated rings. The maximum Gasteiger partial charge on any atom is 0.255 e. The van der Waals surface area contributed by atoms with Gasteiger partial charge in [-0.15, -0.1) is 0 Å². The van der Waals surface area contributed by atoms with Crippen LogP contribution in [0.4, 0.5) is 5.69 Å². The highest BCUT2D eigenvalue weighted by molar-refractivity contribution is 7.88. The van der Waals surface area contributed by atoms with Crippen LogP contribution >= 0.6 is 0 Å². The molecule has 6 nitrogen and oxygen atoms in total. The third-order valence-corrected chi connectivity index (χ3v) is 6.04. The minimum Gasteiger partial charge on any atom is -0.322 e. The van der Waals surface area contributed by atoms with Crippen LogP contribution in [-0.4, -0.2) is 56.0 Å². The summed E-state index contributed by atoms with van der Waals surface area (Å²) < 4.78 is 24.7. The van der Waals surface area contributed by atoms with Crippen molar-refractivity contribution in [2.24, 2.45) is 0 Å². The Labute approximate surface area is 160 Å². The number of nitrogens with one attached hydrogen (secondary N) is 1. The van der Waals surface area contributed by atoms with E-state index in [1.165, 1.54) is 10.6 Å². The van der Waals surface area contributed by atoms with E-state index in [0.29, 0.717) is 31.7 Å². The summed E-state index contributed by atoms with van der Waals surface area (Å²) in [7, 11) is -3.10. The molecule has 1 N–H and O–H groups in total. The molecule has 1 amide bonds. The van der Waals surface area contributed by atoms with Crippen LogP contribution in [0.5, 0.6) is 0 Å². The molecular formula is C20H25N3O3S. The number of carbonyl (C=O) groups is 1. The molecule has 1 saturated heterocycles. The fourth-order valence-corrected chi connectivity index (χ4v) is 3.91. The number of amides is 1. The van der Waals surface area contributed by atoms with E-state index in [9.17, 15) is 13.2 Å². The van der Waals surface area contributed by atoms with Gasteiger partial charge in [0.05, 0.1) is 6.26 Å². The van der Waals surface area contributed by atoms with Gasteiger partial charge in [0.15, 0.2) is 0 Å². The van der Waals surface area contributed by atoms with Gasteiger partial charge in [0.25, 0.3) is 5.91 Å². The molecule has 2 aromatic carbocycles. The average Bonchev–Trinajstić information content (AvgIpc) is 2.64. The fourth-order valence-electron chi connectivity index (χ4n) is 3.08. The number of aryl methyl sites for hydroxylation is 1. The van der Waals surface area contributed by atoms with Crippen LogP contribution in [0.2, 0.25) is 0 Å². The lowest BCUT2D eigenvalue weighted by Crippen LogP contribution is -2.47. The van der Waals surface area contributed by atoms with Crippen molar-refractivity contribution in [3.8, 4) is 0 Å². The van der Waals surface area contributed by atoms with Gasteiger partial charge in [-0.2, -0.15) is 4.31 Å². The van der Waals surface area contributed by atoms with Crippen molar-refractivity contribution in [2.45, 2.75) is 13.5 Å². The first-order chi connectivity index (χ1) is 12.8. The number of rotatable bonds is 5. The summed E-state index contributed by atoms with van der Waals surface area (Å²) in [6, 6.07) is 15.2. The van der Waals surface area contributed by atoms with Crippen LogP contribution < -0.4 is 5.32 Å². The molecule has 1 heterocycles. The van der Waals surface area contributed by atoms with E-state index < -0.39 is 10.0 Å². The molecule has 2 aromatic rings. The van der Waals surface area contributed by atoms with Crippen molar-refractivity contribution in [1.29, 1.82) is 0 Å². The Hall–Kier alpha value is -2.22. The molecule has 0 aliphatic carbocycles. The monoisotopic (exact) mass is 387 g/mol.